The molecule has 2 aromatic rings. The highest BCUT2D eigenvalue weighted by atomic mass is 31.3. The average molecular weight is 719 g/mol. The molecule has 4 heterocycles. The van der Waals surface area contributed by atoms with Crippen LogP contribution in [-0.4, -0.2) is 121 Å². The van der Waals surface area contributed by atoms with Gasteiger partial charge in [-0.3, -0.25) is 9.09 Å². The maximum atomic E-state index is 12.7. The zero-order valence-corrected chi connectivity index (χ0v) is 24.9. The predicted molar refractivity (Wildman–Crippen MR) is 133 cm³/mol. The molecule has 2 fully saturated rings. The highest BCUT2D eigenvalue weighted by molar-refractivity contribution is 7.69. The van der Waals surface area contributed by atoms with Gasteiger partial charge in [0.15, 0.2) is 24.0 Å². The van der Waals surface area contributed by atoms with Crippen LogP contribution >= 0.6 is 31.3 Å². The Morgan fingerprint density at radius 3 is 2.09 bits per heavy atom. The zero-order chi connectivity index (χ0) is 32.8. The van der Waals surface area contributed by atoms with Crippen LogP contribution < -0.4 is 5.73 Å². The summed E-state index contributed by atoms with van der Waals surface area (Å²) in [6.45, 7) is -1.48. The van der Waals surface area contributed by atoms with Gasteiger partial charge in [0, 0.05) is 0 Å². The van der Waals surface area contributed by atoms with Gasteiger partial charge in [0.25, 0.3) is 0 Å². The lowest BCUT2D eigenvalue weighted by Gasteiger charge is -2.25. The molecule has 44 heavy (non-hydrogen) atoms. The second-order valence-electron chi connectivity index (χ2n) is 8.89. The number of aromatic nitrogens is 4. The monoisotopic (exact) mass is 719 g/mol. The summed E-state index contributed by atoms with van der Waals surface area (Å²) in [5, 5.41) is 40.3. The molecule has 250 valence electrons. The molecule has 4 rings (SSSR count). The van der Waals surface area contributed by atoms with Crippen molar-refractivity contribution in [2.45, 2.75) is 49.1 Å². The van der Waals surface area contributed by atoms with E-state index in [9.17, 15) is 53.4 Å². The SMILES string of the molecule is Nc1ncnc2c1ncn2[C@@H]1O[C@H](COC2O[C@H](CO)[C@@H](O)[C@H]2O)[C@@H](OP(=O)(O)OP(=O)(O)OP(=O)(O)OP(=O)(O)O)[C@H]1O. The Labute approximate surface area is 243 Å². The van der Waals surface area contributed by atoms with Crippen LogP contribution in [0.2, 0.25) is 0 Å². The number of fused-ring (bicyclic) bond motifs is 1. The Balaban J connectivity index is 1.56. The van der Waals surface area contributed by atoms with Crippen molar-refractivity contribution in [1.82, 2.24) is 19.5 Å². The lowest BCUT2D eigenvalue weighted by Crippen LogP contribution is -2.39. The van der Waals surface area contributed by atoms with E-state index in [0.717, 1.165) is 17.2 Å². The molecule has 0 saturated carbocycles. The molecule has 4 unspecified atom stereocenters. The van der Waals surface area contributed by atoms with E-state index in [1.54, 1.807) is 0 Å². The number of nitrogens with two attached hydrogens (primary N) is 1. The first kappa shape index (κ1) is 35.5. The molecule has 0 spiro atoms. The van der Waals surface area contributed by atoms with E-state index in [2.05, 4.69) is 27.9 Å². The van der Waals surface area contributed by atoms with Gasteiger partial charge in [-0.2, -0.15) is 12.9 Å². The third kappa shape index (κ3) is 8.31. The van der Waals surface area contributed by atoms with Gasteiger partial charge >= 0.3 is 31.3 Å². The first-order valence-electron chi connectivity index (χ1n) is 11.6. The topological polar surface area (TPSA) is 385 Å². The van der Waals surface area contributed by atoms with E-state index in [-0.39, 0.29) is 17.0 Å². The Hall–Kier alpha value is -1.37. The van der Waals surface area contributed by atoms with Crippen LogP contribution in [-0.2, 0) is 49.9 Å². The molecule has 11 N–H and O–H groups in total. The molecule has 2 saturated heterocycles. The second kappa shape index (κ2) is 13.0. The fourth-order valence-corrected chi connectivity index (χ4v) is 8.72. The summed E-state index contributed by atoms with van der Waals surface area (Å²) < 4.78 is 80.1. The predicted octanol–water partition coefficient (Wildman–Crippen LogP) is -3.05. The van der Waals surface area contributed by atoms with Gasteiger partial charge in [-0.15, -0.1) is 0 Å². The smallest absolute Gasteiger partial charge is 0.394 e. The normalized spacial score (nSPS) is 33.7. The summed E-state index contributed by atoms with van der Waals surface area (Å²) in [6.07, 6.45) is -11.3. The van der Waals surface area contributed by atoms with Gasteiger partial charge in [0.05, 0.1) is 19.5 Å². The molecule has 0 radical (unpaired) electrons. The second-order valence-corrected chi connectivity index (χ2v) is 14.9. The summed E-state index contributed by atoms with van der Waals surface area (Å²) in [5.41, 5.74) is 5.79. The minimum absolute atomic E-state index is 0.00855. The van der Waals surface area contributed by atoms with Crippen LogP contribution in [0.25, 0.3) is 11.2 Å². The molecule has 2 aromatic heterocycles. The van der Waals surface area contributed by atoms with Gasteiger partial charge in [-0.1, -0.05) is 0 Å². The molecular formula is C15H25N5O20P4. The van der Waals surface area contributed by atoms with E-state index >= 15 is 0 Å². The number of aliphatic hydroxyl groups is 4. The summed E-state index contributed by atoms with van der Waals surface area (Å²) in [4.78, 5) is 58.0. The lowest BCUT2D eigenvalue weighted by molar-refractivity contribution is -0.190. The highest BCUT2D eigenvalue weighted by Crippen LogP contribution is 2.71. The molecule has 2 aliphatic rings. The van der Waals surface area contributed by atoms with Crippen LogP contribution in [0.15, 0.2) is 12.7 Å². The van der Waals surface area contributed by atoms with E-state index < -0.39 is 93.6 Å². The molecular weight excluding hydrogens is 694 g/mol. The fraction of sp³-hybridized carbons (Fsp3) is 0.667. The van der Waals surface area contributed by atoms with Crippen molar-refractivity contribution in [3.63, 3.8) is 0 Å². The molecule has 2 aliphatic heterocycles. The standard InChI is InChI=1S/C15H25N5O20P4/c16-12-7-13(18-3-17-12)20(4-19-7)14-10(24)11(6(35-14)2-34-15-9(23)8(22)5(1-21)36-15)37-42(28,29)39-44(32,33)40-43(30,31)38-41(25,26)27/h3-6,8-11,14-15,21-24H,1-2H2,(H,28,29)(H,30,31)(H,32,33)(H2,16,17,18)(H2,25,26,27)/t5-,6-,8-,9-,10-,11-,14-,15?/m1/s1. The van der Waals surface area contributed by atoms with Gasteiger partial charge in [-0.05, 0) is 0 Å². The third-order valence-corrected chi connectivity index (χ3v) is 11.3. The summed E-state index contributed by atoms with van der Waals surface area (Å²) in [7, 11) is -24.0. The third-order valence-electron chi connectivity index (χ3n) is 5.77. The van der Waals surface area contributed by atoms with Crippen molar-refractivity contribution in [2.75, 3.05) is 18.9 Å². The first-order chi connectivity index (χ1) is 20.2. The van der Waals surface area contributed by atoms with Crippen molar-refractivity contribution in [1.29, 1.82) is 0 Å². The van der Waals surface area contributed by atoms with E-state index in [1.165, 1.54) is 0 Å². The van der Waals surface area contributed by atoms with Gasteiger partial charge in [0.2, 0.25) is 0 Å². The van der Waals surface area contributed by atoms with Crippen LogP contribution in [0.5, 0.6) is 0 Å². The van der Waals surface area contributed by atoms with Gasteiger partial charge in [0.1, 0.15) is 48.5 Å². The van der Waals surface area contributed by atoms with Crippen molar-refractivity contribution >= 4 is 48.3 Å². The van der Waals surface area contributed by atoms with E-state index in [0.29, 0.717) is 0 Å². The lowest BCUT2D eigenvalue weighted by atomic mass is 10.1. The molecule has 0 aliphatic carbocycles. The van der Waals surface area contributed by atoms with Crippen molar-refractivity contribution in [3.8, 4) is 0 Å². The number of phosphoric acid groups is 4. The number of anilines is 1. The Morgan fingerprint density at radius 2 is 1.48 bits per heavy atom. The number of nitrogens with zero attached hydrogens (tertiary/aromatic N) is 4. The van der Waals surface area contributed by atoms with Crippen molar-refractivity contribution in [3.05, 3.63) is 12.7 Å². The number of hydrogen-bond donors (Lipinski definition) is 10. The Morgan fingerprint density at radius 1 is 0.841 bits per heavy atom. The van der Waals surface area contributed by atoms with Crippen molar-refractivity contribution < 1.29 is 94.8 Å². The molecule has 11 atom stereocenters. The number of rotatable bonds is 13. The number of phosphoric ester groups is 1. The number of aliphatic hydroxyl groups excluding tert-OH is 4. The summed E-state index contributed by atoms with van der Waals surface area (Å²) >= 11 is 0. The van der Waals surface area contributed by atoms with Crippen LogP contribution in [0.4, 0.5) is 5.82 Å². The molecule has 29 heteroatoms. The largest absolute Gasteiger partial charge is 0.490 e. The van der Waals surface area contributed by atoms with Crippen LogP contribution in [0.1, 0.15) is 6.23 Å². The van der Waals surface area contributed by atoms with Crippen molar-refractivity contribution in [2.24, 2.45) is 0 Å². The number of nitrogen functional groups attached to an aromatic ring is 1. The Bertz CT molecular complexity index is 1540. The number of ether oxygens (including phenoxy) is 3. The maximum absolute atomic E-state index is 12.7. The molecule has 0 amide bonds. The van der Waals surface area contributed by atoms with Gasteiger partial charge in [-0.25, -0.2) is 33.2 Å². The van der Waals surface area contributed by atoms with E-state index in [1.807, 2.05) is 0 Å². The number of imidazole rings is 1. The van der Waals surface area contributed by atoms with Crippen LogP contribution in [0, 0.1) is 0 Å². The maximum Gasteiger partial charge on any atom is 0.490 e. The molecule has 0 bridgehead atoms. The van der Waals surface area contributed by atoms with Crippen LogP contribution in [0.3, 0.4) is 0 Å². The number of hydrogen-bond acceptors (Lipinski definition) is 19. The van der Waals surface area contributed by atoms with E-state index in [4.69, 9.17) is 34.3 Å². The highest BCUT2D eigenvalue weighted by Gasteiger charge is 2.53. The Kier molecular flexibility index (Phi) is 10.5. The zero-order valence-electron chi connectivity index (χ0n) is 21.4. The minimum atomic E-state index is -6.20. The van der Waals surface area contributed by atoms with Gasteiger partial charge < -0.3 is 64.8 Å². The summed E-state index contributed by atoms with van der Waals surface area (Å²) in [5.74, 6) is -0.0749. The molecule has 25 nitrogen and oxygen atoms in total. The fourth-order valence-electron chi connectivity index (χ4n) is 4.06. The minimum Gasteiger partial charge on any atom is -0.394 e. The quantitative estimate of drug-likeness (QED) is 0.0919. The summed E-state index contributed by atoms with van der Waals surface area (Å²) in [6, 6.07) is 0. The first-order valence-corrected chi connectivity index (χ1v) is 17.6. The average Bonchev–Trinajstić information content (AvgIpc) is 3.50. The molecule has 0 aromatic carbocycles.